The molecule has 0 heterocycles. The fourth-order valence-electron chi connectivity index (χ4n) is 6.76. The normalized spacial score (nSPS) is 13.4. The molecule has 0 saturated carbocycles. The second-order valence-corrected chi connectivity index (χ2v) is 16.7. The Kier molecular flexibility index (Phi) is 15.1. The molecule has 302 valence electrons. The summed E-state index contributed by atoms with van der Waals surface area (Å²) in [6, 6.07) is 20.8. The molecule has 0 radical (unpaired) electrons. The van der Waals surface area contributed by atoms with Gasteiger partial charge in [0, 0.05) is 37.9 Å². The van der Waals surface area contributed by atoms with Crippen LogP contribution in [0.2, 0.25) is 5.02 Å². The van der Waals surface area contributed by atoms with Gasteiger partial charge < -0.3 is 29.3 Å². The van der Waals surface area contributed by atoms with E-state index >= 15 is 0 Å². The topological polar surface area (TPSA) is 132 Å². The van der Waals surface area contributed by atoms with E-state index in [1.165, 1.54) is 23.9 Å². The zero-order valence-electron chi connectivity index (χ0n) is 33.9. The minimum absolute atomic E-state index is 0.0552. The van der Waals surface area contributed by atoms with Gasteiger partial charge in [0.15, 0.2) is 0 Å². The number of alkyl carbamates (subject to hydrolysis) is 1. The van der Waals surface area contributed by atoms with Gasteiger partial charge in [-0.1, -0.05) is 85.1 Å². The first kappa shape index (κ1) is 43.8. The average Bonchev–Trinajstić information content (AvgIpc) is 3.44. The number of nitrogens with zero attached hydrogens (tertiary/aromatic N) is 2. The van der Waals surface area contributed by atoms with Crippen LogP contribution in [0.3, 0.4) is 0 Å². The molecule has 12 heteroatoms. The van der Waals surface area contributed by atoms with Crippen LogP contribution >= 0.6 is 11.6 Å². The molecule has 0 fully saturated rings. The highest BCUT2D eigenvalue weighted by Crippen LogP contribution is 2.44. The van der Waals surface area contributed by atoms with Gasteiger partial charge in [0.2, 0.25) is 11.8 Å². The number of nitrogens with one attached hydrogen (secondary N) is 1. The first-order valence-corrected chi connectivity index (χ1v) is 19.5. The molecule has 1 aliphatic carbocycles. The third kappa shape index (κ3) is 12.8. The summed E-state index contributed by atoms with van der Waals surface area (Å²) >= 11 is 6.14. The van der Waals surface area contributed by atoms with E-state index in [1.54, 1.807) is 45.0 Å². The molecular formula is C44H56ClN3O8. The maximum absolute atomic E-state index is 14.4. The smallest absolute Gasteiger partial charge is 0.407 e. The molecule has 1 unspecified atom stereocenters. The van der Waals surface area contributed by atoms with E-state index in [4.69, 9.17) is 25.8 Å². The minimum Gasteiger partial charge on any atom is -0.460 e. The Morgan fingerprint density at radius 2 is 1.29 bits per heavy atom. The molecule has 0 saturated heterocycles. The largest absolute Gasteiger partial charge is 0.460 e. The predicted octanol–water partition coefficient (Wildman–Crippen LogP) is 7.71. The van der Waals surface area contributed by atoms with Crippen molar-refractivity contribution in [3.8, 4) is 11.1 Å². The van der Waals surface area contributed by atoms with Gasteiger partial charge in [0.25, 0.3) is 0 Å². The van der Waals surface area contributed by atoms with Crippen LogP contribution in [0.5, 0.6) is 0 Å². The van der Waals surface area contributed by atoms with Crippen molar-refractivity contribution >= 4 is 41.4 Å². The van der Waals surface area contributed by atoms with Crippen molar-refractivity contribution in [2.75, 3.05) is 27.2 Å². The Bertz CT molecular complexity index is 1800. The quantitative estimate of drug-likeness (QED) is 0.0888. The van der Waals surface area contributed by atoms with Crippen LogP contribution in [0.4, 0.5) is 4.79 Å². The highest BCUT2D eigenvalue weighted by Gasteiger charge is 2.35. The van der Waals surface area contributed by atoms with E-state index in [0.717, 1.165) is 27.8 Å². The summed E-state index contributed by atoms with van der Waals surface area (Å²) in [5.41, 5.74) is 3.68. The van der Waals surface area contributed by atoms with Crippen molar-refractivity contribution in [2.45, 2.75) is 109 Å². The monoisotopic (exact) mass is 789 g/mol. The molecule has 0 aromatic heterocycles. The maximum Gasteiger partial charge on any atom is 0.407 e. The van der Waals surface area contributed by atoms with Gasteiger partial charge in [-0.05, 0) is 94.3 Å². The molecule has 0 aliphatic heterocycles. The maximum atomic E-state index is 14.4. The van der Waals surface area contributed by atoms with Crippen LogP contribution in [-0.4, -0.2) is 90.2 Å². The van der Waals surface area contributed by atoms with E-state index in [-0.39, 0.29) is 44.3 Å². The standard InChI is InChI=1S/C44H56ClN3O8/c1-43(2,3)55-38(49)21-11-9-10-20-36(46-42(53)54-28-35-33-18-14-12-16-31(33)32-17-13-15-19-34(32)35)40(51)48(8)37(26-29-22-24-30(45)25-23-29)41(52)47(7)27-39(50)56-44(4,5)6/h12-19,22-25,35-37H,9-11,20-21,26-28H2,1-8H3,(H,46,53)/t36?,37-/m1/s1. The molecular weight excluding hydrogens is 734 g/mol. The third-order valence-corrected chi connectivity index (χ3v) is 9.58. The minimum atomic E-state index is -1.06. The van der Waals surface area contributed by atoms with E-state index in [0.29, 0.717) is 24.3 Å². The van der Waals surface area contributed by atoms with Crippen LogP contribution in [0.25, 0.3) is 11.1 Å². The fourth-order valence-corrected chi connectivity index (χ4v) is 6.89. The molecule has 4 rings (SSSR count). The number of fused-ring (bicyclic) bond motifs is 3. The molecule has 1 N–H and O–H groups in total. The van der Waals surface area contributed by atoms with Crippen molar-refractivity contribution in [3.05, 3.63) is 94.5 Å². The van der Waals surface area contributed by atoms with Crippen molar-refractivity contribution in [1.82, 2.24) is 15.1 Å². The lowest BCUT2D eigenvalue weighted by atomic mass is 9.98. The number of benzene rings is 3. The number of likely N-dealkylation sites (N-methyl/N-ethyl adjacent to an activating group) is 2. The number of ether oxygens (including phenoxy) is 3. The number of carbonyl (C=O) groups is 5. The summed E-state index contributed by atoms with van der Waals surface area (Å²) in [4.78, 5) is 69.6. The molecule has 3 aromatic rings. The number of carbonyl (C=O) groups excluding carboxylic acids is 5. The first-order valence-electron chi connectivity index (χ1n) is 19.1. The van der Waals surface area contributed by atoms with Gasteiger partial charge in [-0.3, -0.25) is 19.2 Å². The van der Waals surface area contributed by atoms with Crippen LogP contribution < -0.4 is 5.32 Å². The van der Waals surface area contributed by atoms with Crippen LogP contribution in [0, 0.1) is 0 Å². The molecule has 0 bridgehead atoms. The molecule has 2 atom stereocenters. The van der Waals surface area contributed by atoms with Crippen LogP contribution in [0.15, 0.2) is 72.8 Å². The Hall–Kier alpha value is -4.90. The predicted molar refractivity (Wildman–Crippen MR) is 216 cm³/mol. The van der Waals surface area contributed by atoms with Crippen LogP contribution in [-0.2, 0) is 39.8 Å². The summed E-state index contributed by atoms with van der Waals surface area (Å²) in [7, 11) is 2.99. The summed E-state index contributed by atoms with van der Waals surface area (Å²) in [6.07, 6.45) is 1.40. The van der Waals surface area contributed by atoms with E-state index < -0.39 is 47.2 Å². The second kappa shape index (κ2) is 19.3. The number of rotatable bonds is 16. The van der Waals surface area contributed by atoms with E-state index in [9.17, 15) is 24.0 Å². The highest BCUT2D eigenvalue weighted by molar-refractivity contribution is 6.30. The number of unbranched alkanes of at least 4 members (excludes halogenated alkanes) is 2. The average molecular weight is 790 g/mol. The lowest BCUT2D eigenvalue weighted by Crippen LogP contribution is -2.56. The summed E-state index contributed by atoms with van der Waals surface area (Å²) in [5.74, 6) is -2.07. The molecule has 11 nitrogen and oxygen atoms in total. The Morgan fingerprint density at radius 3 is 1.86 bits per heavy atom. The van der Waals surface area contributed by atoms with Crippen molar-refractivity contribution in [3.63, 3.8) is 0 Å². The summed E-state index contributed by atoms with van der Waals surface area (Å²) in [6.45, 7) is 10.4. The molecule has 0 spiro atoms. The van der Waals surface area contributed by atoms with Crippen molar-refractivity contribution < 1.29 is 38.2 Å². The van der Waals surface area contributed by atoms with Gasteiger partial charge in [-0.2, -0.15) is 0 Å². The lowest BCUT2D eigenvalue weighted by molar-refractivity contribution is -0.159. The third-order valence-electron chi connectivity index (χ3n) is 9.33. The lowest BCUT2D eigenvalue weighted by Gasteiger charge is -2.33. The summed E-state index contributed by atoms with van der Waals surface area (Å²) in [5, 5.41) is 3.31. The van der Waals surface area contributed by atoms with Crippen LogP contribution in [0.1, 0.15) is 96.3 Å². The zero-order chi connectivity index (χ0) is 41.2. The molecule has 1 aliphatic rings. The fraction of sp³-hybridized carbons (Fsp3) is 0.477. The Morgan fingerprint density at radius 1 is 0.732 bits per heavy atom. The number of amides is 3. The number of halogens is 1. The molecule has 3 aromatic carbocycles. The summed E-state index contributed by atoms with van der Waals surface area (Å²) < 4.78 is 16.7. The van der Waals surface area contributed by atoms with Crippen molar-refractivity contribution in [1.29, 1.82) is 0 Å². The van der Waals surface area contributed by atoms with Gasteiger partial charge in [0.05, 0.1) is 0 Å². The first-order chi connectivity index (χ1) is 26.3. The van der Waals surface area contributed by atoms with Gasteiger partial charge >= 0.3 is 18.0 Å². The van der Waals surface area contributed by atoms with Gasteiger partial charge in [0.1, 0.15) is 36.4 Å². The van der Waals surface area contributed by atoms with Gasteiger partial charge in [-0.15, -0.1) is 0 Å². The van der Waals surface area contributed by atoms with E-state index in [1.807, 2.05) is 69.3 Å². The number of esters is 2. The Balaban J connectivity index is 1.52. The second-order valence-electron chi connectivity index (χ2n) is 16.3. The number of hydrogen-bond donors (Lipinski definition) is 1. The van der Waals surface area contributed by atoms with Gasteiger partial charge in [-0.25, -0.2) is 4.79 Å². The van der Waals surface area contributed by atoms with Crippen molar-refractivity contribution in [2.24, 2.45) is 0 Å². The molecule has 3 amide bonds. The molecule has 56 heavy (non-hydrogen) atoms. The SMILES string of the molecule is CN(CC(=O)OC(C)(C)C)C(=O)[C@@H](Cc1ccc(Cl)cc1)N(C)C(=O)C(CCCCCC(=O)OC(C)(C)C)NC(=O)OCC1c2ccccc2-c2ccccc21. The van der Waals surface area contributed by atoms with E-state index in [2.05, 4.69) is 5.32 Å². The highest BCUT2D eigenvalue weighted by atomic mass is 35.5. The number of hydrogen-bond acceptors (Lipinski definition) is 8. The zero-order valence-corrected chi connectivity index (χ0v) is 34.6. The Labute approximate surface area is 336 Å².